The van der Waals surface area contributed by atoms with Gasteiger partial charge < -0.3 is 9.32 Å². The summed E-state index contributed by atoms with van der Waals surface area (Å²) >= 11 is 0. The highest BCUT2D eigenvalue weighted by Gasteiger charge is 2.30. The van der Waals surface area contributed by atoms with E-state index >= 15 is 0 Å². The van der Waals surface area contributed by atoms with Gasteiger partial charge in [0.05, 0.1) is 5.56 Å². The number of benzene rings is 2. The molecule has 0 aliphatic carbocycles. The van der Waals surface area contributed by atoms with E-state index < -0.39 is 11.7 Å². The number of alkyl halides is 3. The molecule has 3 aromatic rings. The van der Waals surface area contributed by atoms with E-state index in [-0.39, 0.29) is 17.5 Å². The summed E-state index contributed by atoms with van der Waals surface area (Å²) in [6, 6.07) is 12.4. The van der Waals surface area contributed by atoms with Crippen molar-refractivity contribution in [3.05, 3.63) is 77.2 Å². The van der Waals surface area contributed by atoms with Crippen LogP contribution in [0.3, 0.4) is 0 Å². The number of halogens is 3. The van der Waals surface area contributed by atoms with Crippen LogP contribution in [0.15, 0.2) is 59.2 Å². The predicted molar refractivity (Wildman–Crippen MR) is 91.8 cm³/mol. The van der Waals surface area contributed by atoms with Gasteiger partial charge in [-0.15, -0.1) is 0 Å². The Balaban J connectivity index is 1.52. The van der Waals surface area contributed by atoms with Crippen molar-refractivity contribution in [1.29, 1.82) is 0 Å². The lowest BCUT2D eigenvalue weighted by Crippen LogP contribution is -2.36. The molecule has 0 radical (unpaired) electrons. The molecule has 27 heavy (non-hydrogen) atoms. The van der Waals surface area contributed by atoms with Gasteiger partial charge >= 0.3 is 6.18 Å². The van der Waals surface area contributed by atoms with Crippen molar-refractivity contribution in [1.82, 2.24) is 9.88 Å². The molecule has 0 spiro atoms. The van der Waals surface area contributed by atoms with Crippen molar-refractivity contribution >= 4 is 5.91 Å². The van der Waals surface area contributed by atoms with E-state index in [1.165, 1.54) is 24.0 Å². The molecule has 0 bridgehead atoms. The quantitative estimate of drug-likeness (QED) is 0.663. The highest BCUT2D eigenvalue weighted by atomic mass is 19.4. The maximum Gasteiger partial charge on any atom is 0.416 e. The smallest absolute Gasteiger partial charge is 0.416 e. The second-order valence-corrected chi connectivity index (χ2v) is 6.36. The van der Waals surface area contributed by atoms with Crippen molar-refractivity contribution < 1.29 is 22.4 Å². The Morgan fingerprint density at radius 3 is 2.44 bits per heavy atom. The number of aromatic nitrogens is 1. The van der Waals surface area contributed by atoms with Gasteiger partial charge in [-0.3, -0.25) is 4.79 Å². The zero-order chi connectivity index (χ0) is 19.0. The monoisotopic (exact) mass is 372 g/mol. The minimum absolute atomic E-state index is 0.115. The van der Waals surface area contributed by atoms with Gasteiger partial charge in [0.2, 0.25) is 5.89 Å². The summed E-state index contributed by atoms with van der Waals surface area (Å²) in [5, 5.41) is 0. The van der Waals surface area contributed by atoms with Gasteiger partial charge in [-0.05, 0) is 41.8 Å². The van der Waals surface area contributed by atoms with E-state index in [1.54, 1.807) is 4.90 Å². The minimum atomic E-state index is -4.40. The van der Waals surface area contributed by atoms with E-state index in [9.17, 15) is 18.0 Å². The summed E-state index contributed by atoms with van der Waals surface area (Å²) in [5.41, 5.74) is 2.10. The average molecular weight is 372 g/mol. The number of carbonyl (C=O) groups is 1. The van der Waals surface area contributed by atoms with E-state index in [2.05, 4.69) is 11.1 Å². The molecule has 0 saturated heterocycles. The summed E-state index contributed by atoms with van der Waals surface area (Å²) in [5.74, 6) is -0.143. The van der Waals surface area contributed by atoms with E-state index in [1.807, 2.05) is 18.2 Å². The van der Waals surface area contributed by atoms with Crippen LogP contribution >= 0.6 is 0 Å². The van der Waals surface area contributed by atoms with Gasteiger partial charge in [0.25, 0.3) is 5.91 Å². The maximum absolute atomic E-state index is 12.7. The molecule has 0 fully saturated rings. The molecule has 1 aromatic heterocycles. The zero-order valence-electron chi connectivity index (χ0n) is 14.2. The summed E-state index contributed by atoms with van der Waals surface area (Å²) in [7, 11) is 0. The summed E-state index contributed by atoms with van der Waals surface area (Å²) in [6.07, 6.45) is -2.39. The van der Waals surface area contributed by atoms with Crippen LogP contribution in [0.5, 0.6) is 0 Å². The van der Waals surface area contributed by atoms with E-state index in [0.717, 1.165) is 24.1 Å². The first-order valence-electron chi connectivity index (χ1n) is 8.41. The highest BCUT2D eigenvalue weighted by Crippen LogP contribution is 2.31. The van der Waals surface area contributed by atoms with Gasteiger partial charge in [-0.25, -0.2) is 4.98 Å². The van der Waals surface area contributed by atoms with E-state index in [0.29, 0.717) is 18.7 Å². The second-order valence-electron chi connectivity index (χ2n) is 6.36. The summed E-state index contributed by atoms with van der Waals surface area (Å²) in [6.45, 7) is 1.08. The van der Waals surface area contributed by atoms with Crippen molar-refractivity contribution in [3.8, 4) is 11.5 Å². The second kappa shape index (κ2) is 6.57. The molecule has 1 aliphatic heterocycles. The zero-order valence-corrected chi connectivity index (χ0v) is 14.2. The Hall–Kier alpha value is -3.09. The number of rotatable bonds is 2. The van der Waals surface area contributed by atoms with Crippen LogP contribution in [0.1, 0.15) is 27.2 Å². The third kappa shape index (κ3) is 3.45. The molecule has 2 aromatic carbocycles. The van der Waals surface area contributed by atoms with Gasteiger partial charge in [0, 0.05) is 18.7 Å². The first-order chi connectivity index (χ1) is 12.9. The third-order valence-corrected chi connectivity index (χ3v) is 4.60. The van der Waals surface area contributed by atoms with Crippen LogP contribution < -0.4 is 0 Å². The lowest BCUT2D eigenvalue weighted by Gasteiger charge is -2.28. The van der Waals surface area contributed by atoms with Crippen molar-refractivity contribution in [2.24, 2.45) is 0 Å². The minimum Gasteiger partial charge on any atom is -0.444 e. The number of hydrogen-bond acceptors (Lipinski definition) is 3. The fraction of sp³-hybridized carbons (Fsp3) is 0.200. The predicted octanol–water partition coefficient (Wildman–Crippen LogP) is 4.56. The Bertz CT molecular complexity index is 977. The van der Waals surface area contributed by atoms with Crippen molar-refractivity contribution in [2.45, 2.75) is 19.1 Å². The number of nitrogens with zero attached hydrogens (tertiary/aromatic N) is 2. The highest BCUT2D eigenvalue weighted by molar-refractivity contribution is 5.92. The largest absolute Gasteiger partial charge is 0.444 e. The fourth-order valence-electron chi connectivity index (χ4n) is 3.14. The molecule has 1 aliphatic rings. The van der Waals surface area contributed by atoms with Crippen molar-refractivity contribution in [2.75, 3.05) is 6.54 Å². The molecule has 4 rings (SSSR count). The SMILES string of the molecule is O=C(c1coc(-c2ccc(C(F)(F)F)cc2)n1)N1CCc2ccccc2C1. The first kappa shape index (κ1) is 17.3. The van der Waals surface area contributed by atoms with Gasteiger partial charge in [-0.2, -0.15) is 13.2 Å². The van der Waals surface area contributed by atoms with Crippen LogP contribution in [-0.4, -0.2) is 22.3 Å². The standard InChI is InChI=1S/C20H15F3N2O2/c21-20(22,23)16-7-5-14(6-8-16)18-24-17(12-27-18)19(26)25-10-9-13-3-1-2-4-15(13)11-25/h1-8,12H,9-11H2. The van der Waals surface area contributed by atoms with Crippen LogP contribution in [0.4, 0.5) is 13.2 Å². The average Bonchev–Trinajstić information content (AvgIpc) is 3.16. The van der Waals surface area contributed by atoms with Crippen LogP contribution in [0, 0.1) is 0 Å². The van der Waals surface area contributed by atoms with Crippen LogP contribution in [-0.2, 0) is 19.1 Å². The molecule has 0 saturated carbocycles. The summed E-state index contributed by atoms with van der Waals surface area (Å²) < 4.78 is 43.3. The Morgan fingerprint density at radius 1 is 1.04 bits per heavy atom. The number of hydrogen-bond donors (Lipinski definition) is 0. The molecule has 7 heteroatoms. The third-order valence-electron chi connectivity index (χ3n) is 4.60. The maximum atomic E-state index is 12.7. The number of fused-ring (bicyclic) bond motifs is 1. The molecule has 1 amide bonds. The number of carbonyl (C=O) groups excluding carboxylic acids is 1. The molecule has 4 nitrogen and oxygen atoms in total. The van der Waals surface area contributed by atoms with Crippen molar-refractivity contribution in [3.63, 3.8) is 0 Å². The molecule has 0 unspecified atom stereocenters. The molecule has 0 N–H and O–H groups in total. The summed E-state index contributed by atoms with van der Waals surface area (Å²) in [4.78, 5) is 18.5. The Morgan fingerprint density at radius 2 is 1.74 bits per heavy atom. The molecule has 138 valence electrons. The van der Waals surface area contributed by atoms with Crippen LogP contribution in [0.25, 0.3) is 11.5 Å². The van der Waals surface area contributed by atoms with Gasteiger partial charge in [0.1, 0.15) is 6.26 Å². The van der Waals surface area contributed by atoms with E-state index in [4.69, 9.17) is 4.42 Å². The topological polar surface area (TPSA) is 46.3 Å². The van der Waals surface area contributed by atoms with Crippen LogP contribution in [0.2, 0.25) is 0 Å². The van der Waals surface area contributed by atoms with Gasteiger partial charge in [0.15, 0.2) is 5.69 Å². The molecule has 0 atom stereocenters. The van der Waals surface area contributed by atoms with Gasteiger partial charge in [-0.1, -0.05) is 24.3 Å². The lowest BCUT2D eigenvalue weighted by molar-refractivity contribution is -0.137. The molecular formula is C20H15F3N2O2. The first-order valence-corrected chi connectivity index (χ1v) is 8.41. The molecule has 2 heterocycles. The fourth-order valence-corrected chi connectivity index (χ4v) is 3.14. The number of oxazole rings is 1. The lowest BCUT2D eigenvalue weighted by atomic mass is 10.00. The Labute approximate surface area is 153 Å². The number of amides is 1. The molecular weight excluding hydrogens is 357 g/mol. The Kier molecular flexibility index (Phi) is 4.22. The normalized spacial score (nSPS) is 14.1.